The first-order chi connectivity index (χ1) is 12.4. The molecular formula is C18H12ClNO4S2. The van der Waals surface area contributed by atoms with Crippen molar-refractivity contribution < 1.29 is 19.4 Å². The minimum Gasteiger partial charge on any atom is -0.495 e. The first-order valence-electron chi connectivity index (χ1n) is 7.35. The molecule has 0 aromatic heterocycles. The van der Waals surface area contributed by atoms with Gasteiger partial charge in [-0.05, 0) is 42.0 Å². The van der Waals surface area contributed by atoms with Crippen LogP contribution < -0.4 is 9.64 Å². The molecule has 0 aliphatic carbocycles. The second-order valence-electron chi connectivity index (χ2n) is 5.26. The molecule has 3 rings (SSSR count). The summed E-state index contributed by atoms with van der Waals surface area (Å²) in [7, 11) is 1.51. The topological polar surface area (TPSA) is 66.8 Å². The number of methoxy groups -OCH3 is 1. The summed E-state index contributed by atoms with van der Waals surface area (Å²) in [6.07, 6.45) is 1.68. The molecular weight excluding hydrogens is 394 g/mol. The predicted molar refractivity (Wildman–Crippen MR) is 107 cm³/mol. The molecule has 1 N–H and O–H groups in total. The summed E-state index contributed by atoms with van der Waals surface area (Å²) in [6.45, 7) is 0. The molecule has 0 radical (unpaired) electrons. The van der Waals surface area contributed by atoms with E-state index in [0.29, 0.717) is 31.2 Å². The molecule has 1 heterocycles. The molecule has 26 heavy (non-hydrogen) atoms. The molecule has 8 heteroatoms. The zero-order valence-corrected chi connectivity index (χ0v) is 15.8. The van der Waals surface area contributed by atoms with Gasteiger partial charge in [-0.1, -0.05) is 47.7 Å². The summed E-state index contributed by atoms with van der Waals surface area (Å²) in [6, 6.07) is 11.2. The lowest BCUT2D eigenvalue weighted by molar-refractivity contribution is -0.113. The zero-order valence-electron chi connectivity index (χ0n) is 13.4. The summed E-state index contributed by atoms with van der Waals surface area (Å²) in [4.78, 5) is 25.5. The Labute approximate surface area is 164 Å². The van der Waals surface area contributed by atoms with Crippen LogP contribution in [0.3, 0.4) is 0 Å². The van der Waals surface area contributed by atoms with E-state index in [9.17, 15) is 9.59 Å². The SMILES string of the molecule is COc1ccc(N2C(=O)/C(=C/c3ccc(C(=O)O)cc3)SC2=S)cc1Cl. The molecule has 1 aliphatic heterocycles. The number of carboxylic acid groups (broad SMARTS) is 1. The van der Waals surface area contributed by atoms with Crippen molar-refractivity contribution in [2.45, 2.75) is 0 Å². The number of amides is 1. The number of carbonyl (C=O) groups is 2. The third kappa shape index (κ3) is 3.60. The van der Waals surface area contributed by atoms with E-state index in [1.54, 1.807) is 36.4 Å². The minimum absolute atomic E-state index is 0.183. The van der Waals surface area contributed by atoms with Gasteiger partial charge in [0.25, 0.3) is 5.91 Å². The van der Waals surface area contributed by atoms with Crippen molar-refractivity contribution in [3.8, 4) is 5.75 Å². The van der Waals surface area contributed by atoms with Gasteiger partial charge in [-0.3, -0.25) is 9.69 Å². The molecule has 0 atom stereocenters. The number of aromatic carboxylic acids is 1. The lowest BCUT2D eigenvalue weighted by Gasteiger charge is -2.15. The molecule has 132 valence electrons. The minimum atomic E-state index is -1.00. The van der Waals surface area contributed by atoms with Gasteiger partial charge in [0.05, 0.1) is 28.3 Å². The fourth-order valence-electron chi connectivity index (χ4n) is 2.36. The van der Waals surface area contributed by atoms with Gasteiger partial charge in [0.2, 0.25) is 0 Å². The van der Waals surface area contributed by atoms with Gasteiger partial charge in [0, 0.05) is 0 Å². The van der Waals surface area contributed by atoms with Crippen molar-refractivity contribution in [1.29, 1.82) is 0 Å². The van der Waals surface area contributed by atoms with Crippen LogP contribution in [0.5, 0.6) is 5.75 Å². The van der Waals surface area contributed by atoms with Crippen molar-refractivity contribution in [2.24, 2.45) is 0 Å². The largest absolute Gasteiger partial charge is 0.495 e. The number of thioether (sulfide) groups is 1. The Morgan fingerprint density at radius 3 is 2.54 bits per heavy atom. The summed E-state index contributed by atoms with van der Waals surface area (Å²) in [5.74, 6) is -0.752. The Kier molecular flexibility index (Phi) is 5.31. The molecule has 0 bridgehead atoms. The van der Waals surface area contributed by atoms with Gasteiger partial charge < -0.3 is 9.84 Å². The fraction of sp³-hybridized carbons (Fsp3) is 0.0556. The molecule has 2 aromatic carbocycles. The molecule has 0 spiro atoms. The molecule has 1 amide bonds. The highest BCUT2D eigenvalue weighted by molar-refractivity contribution is 8.27. The highest BCUT2D eigenvalue weighted by Crippen LogP contribution is 2.38. The normalized spacial score (nSPS) is 15.6. The molecule has 1 saturated heterocycles. The van der Waals surface area contributed by atoms with Crippen LogP contribution in [0.1, 0.15) is 15.9 Å². The highest BCUT2D eigenvalue weighted by Gasteiger charge is 2.33. The van der Waals surface area contributed by atoms with Gasteiger partial charge >= 0.3 is 5.97 Å². The Morgan fingerprint density at radius 1 is 1.27 bits per heavy atom. The van der Waals surface area contributed by atoms with Gasteiger partial charge in [-0.15, -0.1) is 0 Å². The number of hydrogen-bond acceptors (Lipinski definition) is 5. The monoisotopic (exact) mass is 405 g/mol. The van der Waals surface area contributed by atoms with Crippen molar-refractivity contribution in [3.05, 3.63) is 63.5 Å². The number of rotatable bonds is 4. The number of ether oxygens (including phenoxy) is 1. The van der Waals surface area contributed by atoms with E-state index >= 15 is 0 Å². The van der Waals surface area contributed by atoms with E-state index < -0.39 is 5.97 Å². The Morgan fingerprint density at radius 2 is 1.96 bits per heavy atom. The quantitative estimate of drug-likeness (QED) is 0.598. The van der Waals surface area contributed by atoms with Crippen molar-refractivity contribution in [2.75, 3.05) is 12.0 Å². The second kappa shape index (κ2) is 7.49. The summed E-state index contributed by atoms with van der Waals surface area (Å²) in [5.41, 5.74) is 1.45. The molecule has 1 fully saturated rings. The maximum absolute atomic E-state index is 12.7. The van der Waals surface area contributed by atoms with E-state index in [1.165, 1.54) is 35.9 Å². The average Bonchev–Trinajstić information content (AvgIpc) is 2.89. The zero-order chi connectivity index (χ0) is 18.8. The van der Waals surface area contributed by atoms with Crippen LogP contribution in [0.25, 0.3) is 6.08 Å². The smallest absolute Gasteiger partial charge is 0.335 e. The summed E-state index contributed by atoms with van der Waals surface area (Å²) < 4.78 is 5.51. The van der Waals surface area contributed by atoms with Gasteiger partial charge in [-0.2, -0.15) is 0 Å². The lowest BCUT2D eigenvalue weighted by Crippen LogP contribution is -2.27. The maximum Gasteiger partial charge on any atom is 0.335 e. The van der Waals surface area contributed by atoms with Crippen LogP contribution in [0.15, 0.2) is 47.4 Å². The van der Waals surface area contributed by atoms with Crippen LogP contribution in [-0.2, 0) is 4.79 Å². The Balaban J connectivity index is 1.88. The van der Waals surface area contributed by atoms with Crippen molar-refractivity contribution in [1.82, 2.24) is 0 Å². The predicted octanol–water partition coefficient (Wildman–Crippen LogP) is 4.45. The van der Waals surface area contributed by atoms with Gasteiger partial charge in [-0.25, -0.2) is 4.79 Å². The third-order valence-corrected chi connectivity index (χ3v) is 5.24. The molecule has 0 unspecified atom stereocenters. The van der Waals surface area contributed by atoms with E-state index in [0.717, 1.165) is 0 Å². The first-order valence-corrected chi connectivity index (χ1v) is 8.96. The number of carbonyl (C=O) groups excluding carboxylic acids is 1. The number of nitrogens with zero attached hydrogens (tertiary/aromatic N) is 1. The van der Waals surface area contributed by atoms with E-state index in [2.05, 4.69) is 0 Å². The standard InChI is InChI=1S/C18H12ClNO4S2/c1-24-14-7-6-12(9-13(14)19)20-16(21)15(26-18(20)25)8-10-2-4-11(5-3-10)17(22)23/h2-9H,1H3,(H,22,23)/b15-8-. The second-order valence-corrected chi connectivity index (χ2v) is 7.35. The van der Waals surface area contributed by atoms with E-state index in [4.69, 9.17) is 33.7 Å². The average molecular weight is 406 g/mol. The van der Waals surface area contributed by atoms with Crippen molar-refractivity contribution >= 4 is 63.5 Å². The highest BCUT2D eigenvalue weighted by atomic mass is 35.5. The summed E-state index contributed by atoms with van der Waals surface area (Å²) in [5, 5.41) is 9.32. The van der Waals surface area contributed by atoms with Gasteiger partial charge in [0.1, 0.15) is 5.75 Å². The number of carboxylic acids is 1. The van der Waals surface area contributed by atoms with Gasteiger partial charge in [0.15, 0.2) is 4.32 Å². The van der Waals surface area contributed by atoms with E-state index in [1.807, 2.05) is 0 Å². The van der Waals surface area contributed by atoms with E-state index in [-0.39, 0.29) is 11.5 Å². The van der Waals surface area contributed by atoms with Crippen molar-refractivity contribution in [3.63, 3.8) is 0 Å². The van der Waals surface area contributed by atoms with Crippen LogP contribution in [-0.4, -0.2) is 28.4 Å². The molecule has 1 aliphatic rings. The van der Waals surface area contributed by atoms with Crippen LogP contribution >= 0.6 is 35.6 Å². The maximum atomic E-state index is 12.7. The summed E-state index contributed by atoms with van der Waals surface area (Å²) >= 11 is 12.6. The number of halogens is 1. The van der Waals surface area contributed by atoms with Crippen LogP contribution in [0.4, 0.5) is 5.69 Å². The van der Waals surface area contributed by atoms with Crippen LogP contribution in [0, 0.1) is 0 Å². The first kappa shape index (κ1) is 18.4. The lowest BCUT2D eigenvalue weighted by atomic mass is 10.1. The number of hydrogen-bond donors (Lipinski definition) is 1. The number of anilines is 1. The Bertz CT molecular complexity index is 941. The number of benzene rings is 2. The molecule has 5 nitrogen and oxygen atoms in total. The number of thiocarbonyl (C=S) groups is 1. The fourth-order valence-corrected chi connectivity index (χ4v) is 3.91. The third-order valence-electron chi connectivity index (χ3n) is 3.64. The molecule has 2 aromatic rings. The Hall–Kier alpha value is -2.35. The van der Waals surface area contributed by atoms with Crippen LogP contribution in [0.2, 0.25) is 5.02 Å². The molecule has 0 saturated carbocycles.